The number of nitrogens with zero attached hydrogens (tertiary/aromatic N) is 1. The van der Waals surface area contributed by atoms with E-state index in [9.17, 15) is 0 Å². The highest BCUT2D eigenvalue weighted by molar-refractivity contribution is 5.83. The maximum atomic E-state index is 5.60. The van der Waals surface area contributed by atoms with Crippen molar-refractivity contribution in [2.45, 2.75) is 19.8 Å². The van der Waals surface area contributed by atoms with Crippen LogP contribution in [0.1, 0.15) is 18.2 Å². The van der Waals surface area contributed by atoms with Crippen molar-refractivity contribution >= 4 is 10.9 Å². The van der Waals surface area contributed by atoms with E-state index in [0.717, 1.165) is 18.4 Å². The second-order valence-corrected chi connectivity index (χ2v) is 3.40. The Morgan fingerprint density at radius 3 is 3.07 bits per heavy atom. The van der Waals surface area contributed by atoms with E-state index < -0.39 is 0 Å². The fraction of sp³-hybridized carbons (Fsp3) is 0.364. The van der Waals surface area contributed by atoms with Crippen LogP contribution in [0.2, 0.25) is 0 Å². The number of pyridine rings is 1. The van der Waals surface area contributed by atoms with E-state index in [4.69, 9.17) is 5.73 Å². The van der Waals surface area contributed by atoms with Gasteiger partial charge in [0.25, 0.3) is 0 Å². The number of aromatic amines is 1. The molecule has 0 aliphatic rings. The maximum Gasteiger partial charge on any atom is 0.0645 e. The number of nitrogens with two attached hydrogens (primary N) is 1. The first-order chi connectivity index (χ1) is 6.86. The molecule has 0 bridgehead atoms. The largest absolute Gasteiger partial charge is 0.357 e. The van der Waals surface area contributed by atoms with Crippen molar-refractivity contribution in [3.05, 3.63) is 29.7 Å². The van der Waals surface area contributed by atoms with E-state index in [1.807, 2.05) is 12.4 Å². The number of fused-ring (bicyclic) bond motifs is 1. The average molecular weight is 189 g/mol. The molecule has 0 radical (unpaired) electrons. The maximum absolute atomic E-state index is 5.60. The van der Waals surface area contributed by atoms with Gasteiger partial charge in [-0.1, -0.05) is 6.92 Å². The van der Waals surface area contributed by atoms with E-state index in [2.05, 4.69) is 23.0 Å². The van der Waals surface area contributed by atoms with Gasteiger partial charge in [0.1, 0.15) is 0 Å². The van der Waals surface area contributed by atoms with Crippen LogP contribution in [0.15, 0.2) is 18.5 Å². The van der Waals surface area contributed by atoms with Crippen LogP contribution in [0, 0.1) is 0 Å². The van der Waals surface area contributed by atoms with Crippen LogP contribution < -0.4 is 5.73 Å². The molecule has 0 spiro atoms. The van der Waals surface area contributed by atoms with Crippen molar-refractivity contribution < 1.29 is 0 Å². The molecule has 14 heavy (non-hydrogen) atoms. The van der Waals surface area contributed by atoms with Crippen molar-refractivity contribution in [1.29, 1.82) is 0 Å². The minimum atomic E-state index is 0.697. The number of hydrogen-bond acceptors (Lipinski definition) is 2. The Kier molecular flexibility index (Phi) is 2.50. The quantitative estimate of drug-likeness (QED) is 0.771. The monoisotopic (exact) mass is 189 g/mol. The predicted octanol–water partition coefficient (Wildman–Crippen LogP) is 1.63. The Balaban J connectivity index is 2.61. The summed E-state index contributed by atoms with van der Waals surface area (Å²) in [6.07, 6.45) is 5.65. The summed E-state index contributed by atoms with van der Waals surface area (Å²) in [6, 6.07) is 2.05. The van der Waals surface area contributed by atoms with Gasteiger partial charge in [0.2, 0.25) is 0 Å². The highest BCUT2D eigenvalue weighted by atomic mass is 14.8. The molecular weight excluding hydrogens is 174 g/mol. The zero-order chi connectivity index (χ0) is 9.97. The molecule has 2 heterocycles. The van der Waals surface area contributed by atoms with Crippen LogP contribution in [-0.2, 0) is 12.8 Å². The molecule has 0 aliphatic heterocycles. The molecule has 2 rings (SSSR count). The van der Waals surface area contributed by atoms with Gasteiger partial charge in [0.05, 0.1) is 11.7 Å². The summed E-state index contributed by atoms with van der Waals surface area (Å²) in [5.74, 6) is 0. The van der Waals surface area contributed by atoms with E-state index in [0.29, 0.717) is 6.54 Å². The van der Waals surface area contributed by atoms with Gasteiger partial charge in [0.15, 0.2) is 0 Å². The van der Waals surface area contributed by atoms with E-state index in [-0.39, 0.29) is 0 Å². The van der Waals surface area contributed by atoms with Crippen molar-refractivity contribution in [2.24, 2.45) is 5.73 Å². The molecular formula is C11H15N3. The van der Waals surface area contributed by atoms with Crippen LogP contribution >= 0.6 is 0 Å². The number of aryl methyl sites for hydroxylation is 1. The second-order valence-electron chi connectivity index (χ2n) is 3.40. The van der Waals surface area contributed by atoms with Gasteiger partial charge in [-0.15, -0.1) is 0 Å². The van der Waals surface area contributed by atoms with Crippen LogP contribution in [0.5, 0.6) is 0 Å². The molecule has 0 saturated carbocycles. The van der Waals surface area contributed by atoms with Crippen LogP contribution in [0.3, 0.4) is 0 Å². The average Bonchev–Trinajstić information content (AvgIpc) is 2.58. The molecule has 0 saturated heterocycles. The Labute approximate surface area is 83.3 Å². The summed E-state index contributed by atoms with van der Waals surface area (Å²) in [5, 5.41) is 1.27. The van der Waals surface area contributed by atoms with Crippen molar-refractivity contribution in [2.75, 3.05) is 6.54 Å². The normalized spacial score (nSPS) is 11.0. The third-order valence-electron chi connectivity index (χ3n) is 2.54. The van der Waals surface area contributed by atoms with Gasteiger partial charge in [-0.3, -0.25) is 4.98 Å². The number of rotatable bonds is 3. The summed E-state index contributed by atoms with van der Waals surface area (Å²) in [4.78, 5) is 7.48. The predicted molar refractivity (Wildman–Crippen MR) is 58.2 cm³/mol. The lowest BCUT2D eigenvalue weighted by molar-refractivity contribution is 0.936. The molecule has 0 fully saturated rings. The third-order valence-corrected chi connectivity index (χ3v) is 2.54. The lowest BCUT2D eigenvalue weighted by atomic mass is 10.1. The van der Waals surface area contributed by atoms with Gasteiger partial charge in [0, 0.05) is 17.3 Å². The summed E-state index contributed by atoms with van der Waals surface area (Å²) >= 11 is 0. The minimum Gasteiger partial charge on any atom is -0.357 e. The Morgan fingerprint density at radius 1 is 1.50 bits per heavy atom. The highest BCUT2D eigenvalue weighted by Gasteiger charge is 2.08. The molecule has 2 aromatic heterocycles. The first kappa shape index (κ1) is 9.21. The number of H-pyrrole nitrogens is 1. The first-order valence-electron chi connectivity index (χ1n) is 5.00. The van der Waals surface area contributed by atoms with Crippen molar-refractivity contribution in [1.82, 2.24) is 9.97 Å². The SMILES string of the molecule is CCc1[nH]c2cnccc2c1CCN. The van der Waals surface area contributed by atoms with Gasteiger partial charge in [-0.25, -0.2) is 0 Å². The van der Waals surface area contributed by atoms with Crippen molar-refractivity contribution in [3.8, 4) is 0 Å². The zero-order valence-electron chi connectivity index (χ0n) is 8.38. The molecule has 3 N–H and O–H groups in total. The lowest BCUT2D eigenvalue weighted by Gasteiger charge is -1.99. The van der Waals surface area contributed by atoms with Gasteiger partial charge in [-0.2, -0.15) is 0 Å². The lowest BCUT2D eigenvalue weighted by Crippen LogP contribution is -2.04. The van der Waals surface area contributed by atoms with E-state index in [1.54, 1.807) is 0 Å². The van der Waals surface area contributed by atoms with Crippen LogP contribution in [0.25, 0.3) is 10.9 Å². The van der Waals surface area contributed by atoms with Crippen LogP contribution in [0.4, 0.5) is 0 Å². The van der Waals surface area contributed by atoms with Crippen LogP contribution in [-0.4, -0.2) is 16.5 Å². The summed E-state index contributed by atoms with van der Waals surface area (Å²) in [6.45, 7) is 2.85. The van der Waals surface area contributed by atoms with Crippen molar-refractivity contribution in [3.63, 3.8) is 0 Å². The third kappa shape index (κ3) is 1.40. The molecule has 0 unspecified atom stereocenters. The molecule has 3 heteroatoms. The fourth-order valence-electron chi connectivity index (χ4n) is 1.89. The minimum absolute atomic E-state index is 0.697. The molecule has 2 aromatic rings. The van der Waals surface area contributed by atoms with E-state index in [1.165, 1.54) is 16.6 Å². The topological polar surface area (TPSA) is 54.7 Å². The number of nitrogens with one attached hydrogen (secondary N) is 1. The summed E-state index contributed by atoms with van der Waals surface area (Å²) in [5.41, 5.74) is 9.37. The highest BCUT2D eigenvalue weighted by Crippen LogP contribution is 2.22. The summed E-state index contributed by atoms with van der Waals surface area (Å²) in [7, 11) is 0. The Morgan fingerprint density at radius 2 is 2.36 bits per heavy atom. The zero-order valence-corrected chi connectivity index (χ0v) is 8.38. The molecule has 0 atom stereocenters. The van der Waals surface area contributed by atoms with Gasteiger partial charge >= 0.3 is 0 Å². The molecule has 3 nitrogen and oxygen atoms in total. The molecule has 0 aromatic carbocycles. The number of hydrogen-bond donors (Lipinski definition) is 2. The van der Waals surface area contributed by atoms with E-state index >= 15 is 0 Å². The molecule has 0 amide bonds. The molecule has 74 valence electrons. The van der Waals surface area contributed by atoms with Gasteiger partial charge in [-0.05, 0) is 31.0 Å². The fourth-order valence-corrected chi connectivity index (χ4v) is 1.89. The second kappa shape index (κ2) is 3.80. The summed E-state index contributed by atoms with van der Waals surface area (Å²) < 4.78 is 0. The smallest absolute Gasteiger partial charge is 0.0645 e. The Bertz CT molecular complexity index is 431. The number of aromatic nitrogens is 2. The first-order valence-corrected chi connectivity index (χ1v) is 5.00. The molecule has 0 aliphatic carbocycles. The standard InChI is InChI=1S/C11H15N3/c1-2-10-8(3-5-12)9-4-6-13-7-11(9)14-10/h4,6-7,14H,2-3,5,12H2,1H3. The Hall–Kier alpha value is -1.35. The van der Waals surface area contributed by atoms with Gasteiger partial charge < -0.3 is 10.7 Å².